The van der Waals surface area contributed by atoms with Crippen molar-refractivity contribution in [2.75, 3.05) is 25.5 Å². The van der Waals surface area contributed by atoms with E-state index in [1.807, 2.05) is 48.5 Å². The van der Waals surface area contributed by atoms with E-state index in [0.29, 0.717) is 36.9 Å². The Morgan fingerprint density at radius 1 is 0.738 bits per heavy atom. The maximum atomic E-state index is 12.5. The van der Waals surface area contributed by atoms with Crippen LogP contribution in [-0.2, 0) is 0 Å². The Morgan fingerprint density at radius 3 is 1.93 bits per heavy atom. The first-order valence-corrected chi connectivity index (χ1v) is 14.9. The number of ether oxygens (including phenoxy) is 1. The van der Waals surface area contributed by atoms with Crippen molar-refractivity contribution < 1.29 is 14.3 Å². The van der Waals surface area contributed by atoms with Gasteiger partial charge in [-0.15, -0.1) is 0 Å². The average Bonchev–Trinajstić information content (AvgIpc) is 2.98. The molecule has 10 heteroatoms. The number of anilines is 1. The molecule has 218 valence electrons. The lowest BCUT2D eigenvalue weighted by atomic mass is 10.0. The summed E-state index contributed by atoms with van der Waals surface area (Å²) in [5.74, 6) is 0.653. The number of carbonyl (C=O) groups is 2. The summed E-state index contributed by atoms with van der Waals surface area (Å²) in [4.78, 5) is 25.4. The number of hydrogen-bond acceptors (Lipinski definition) is 4. The summed E-state index contributed by atoms with van der Waals surface area (Å²) < 4.78 is 6.13. The first-order valence-electron chi connectivity index (χ1n) is 13.1. The van der Waals surface area contributed by atoms with Crippen LogP contribution >= 0.6 is 58.0 Å². The number of halogens is 5. The predicted octanol–water partition coefficient (Wildman–Crippen LogP) is 9.76. The van der Waals surface area contributed by atoms with Crippen LogP contribution in [0.25, 0.3) is 11.1 Å². The molecule has 0 bridgehead atoms. The van der Waals surface area contributed by atoms with E-state index in [9.17, 15) is 9.59 Å². The van der Waals surface area contributed by atoms with Crippen molar-refractivity contribution in [3.63, 3.8) is 0 Å². The molecule has 0 unspecified atom stereocenters. The molecular formula is C32H27Cl5N2O3. The molecule has 1 N–H and O–H groups in total. The van der Waals surface area contributed by atoms with Crippen LogP contribution in [0.1, 0.15) is 33.6 Å². The highest BCUT2D eigenvalue weighted by Gasteiger charge is 2.18. The quantitative estimate of drug-likeness (QED) is 0.209. The van der Waals surface area contributed by atoms with Gasteiger partial charge in [-0.25, -0.2) is 0 Å². The second-order valence-corrected chi connectivity index (χ2v) is 11.7. The Hall–Kier alpha value is -2.77. The molecule has 1 saturated heterocycles. The summed E-state index contributed by atoms with van der Waals surface area (Å²) in [6.45, 7) is 2.15. The molecule has 0 aromatic heterocycles. The maximum Gasteiger partial charge on any atom is 0.255 e. The van der Waals surface area contributed by atoms with E-state index in [1.165, 1.54) is 18.2 Å². The van der Waals surface area contributed by atoms with Gasteiger partial charge >= 0.3 is 0 Å². The fraction of sp³-hybridized carbons (Fsp3) is 0.188. The van der Waals surface area contributed by atoms with Gasteiger partial charge in [0.25, 0.3) is 11.1 Å². The zero-order chi connectivity index (χ0) is 30.2. The Bertz CT molecular complexity index is 1550. The van der Waals surface area contributed by atoms with Gasteiger partial charge in [0.05, 0.1) is 20.1 Å². The molecular weight excluding hydrogens is 638 g/mol. The lowest BCUT2D eigenvalue weighted by Gasteiger charge is -2.29. The van der Waals surface area contributed by atoms with Crippen LogP contribution in [0.15, 0.2) is 84.9 Å². The fourth-order valence-corrected chi connectivity index (χ4v) is 4.97. The number of hydrogen-bond donors (Lipinski definition) is 1. The van der Waals surface area contributed by atoms with Crippen LogP contribution < -0.4 is 10.1 Å². The molecule has 0 atom stereocenters. The molecule has 4 aromatic carbocycles. The molecule has 42 heavy (non-hydrogen) atoms. The number of nitrogens with one attached hydrogen (secondary N) is 1. The van der Waals surface area contributed by atoms with Gasteiger partial charge in [-0.05, 0) is 103 Å². The van der Waals surface area contributed by atoms with Crippen molar-refractivity contribution in [1.82, 2.24) is 4.90 Å². The van der Waals surface area contributed by atoms with Gasteiger partial charge in [0.1, 0.15) is 11.9 Å². The van der Waals surface area contributed by atoms with E-state index >= 15 is 0 Å². The summed E-state index contributed by atoms with van der Waals surface area (Å²) in [5.41, 5.74) is 3.58. The van der Waals surface area contributed by atoms with Crippen LogP contribution in [0.2, 0.25) is 20.1 Å². The summed E-state index contributed by atoms with van der Waals surface area (Å²) in [6.07, 6.45) is 2.39. The maximum absolute atomic E-state index is 12.5. The van der Waals surface area contributed by atoms with Crippen molar-refractivity contribution >= 4 is 74.8 Å². The average molecular weight is 665 g/mol. The summed E-state index contributed by atoms with van der Waals surface area (Å²) in [5, 5.41) is 3.89. The second kappa shape index (κ2) is 15.1. The molecule has 0 saturated carbocycles. The number of nitrogens with zero attached hydrogens (tertiary/aromatic N) is 1. The molecule has 1 amide bonds. The first-order chi connectivity index (χ1) is 20.1. The number of amides is 1. The topological polar surface area (TPSA) is 58.6 Å². The van der Waals surface area contributed by atoms with E-state index < -0.39 is 5.24 Å². The van der Waals surface area contributed by atoms with Gasteiger partial charge in [0.15, 0.2) is 0 Å². The Kier molecular flexibility index (Phi) is 11.6. The smallest absolute Gasteiger partial charge is 0.255 e. The van der Waals surface area contributed by atoms with Crippen molar-refractivity contribution in [2.24, 2.45) is 0 Å². The second-order valence-electron chi connectivity index (χ2n) is 9.71. The molecule has 0 radical (unpaired) electrons. The van der Waals surface area contributed by atoms with E-state index in [2.05, 4.69) is 17.3 Å². The summed E-state index contributed by atoms with van der Waals surface area (Å²) in [6, 6.07) is 25.1. The largest absolute Gasteiger partial charge is 0.490 e. The first kappa shape index (κ1) is 32.2. The third kappa shape index (κ3) is 9.11. The van der Waals surface area contributed by atoms with Crippen molar-refractivity contribution in [1.29, 1.82) is 0 Å². The van der Waals surface area contributed by atoms with Crippen molar-refractivity contribution in [3.8, 4) is 16.9 Å². The monoisotopic (exact) mass is 662 g/mol. The minimum absolute atomic E-state index is 0.238. The van der Waals surface area contributed by atoms with Gasteiger partial charge in [0, 0.05) is 29.9 Å². The zero-order valence-electron chi connectivity index (χ0n) is 22.6. The molecule has 5 nitrogen and oxygen atoms in total. The van der Waals surface area contributed by atoms with Gasteiger partial charge in [0.2, 0.25) is 0 Å². The van der Waals surface area contributed by atoms with Gasteiger partial charge in [-0.3, -0.25) is 9.59 Å². The lowest BCUT2D eigenvalue weighted by molar-refractivity contribution is 0.102. The van der Waals surface area contributed by atoms with Gasteiger partial charge in [-0.2, -0.15) is 0 Å². The van der Waals surface area contributed by atoms with Gasteiger partial charge < -0.3 is 15.0 Å². The van der Waals surface area contributed by atoms with E-state index in [-0.39, 0.29) is 12.0 Å². The molecule has 0 spiro atoms. The van der Waals surface area contributed by atoms with E-state index in [4.69, 9.17) is 62.7 Å². The Labute approximate surface area is 270 Å². The van der Waals surface area contributed by atoms with Gasteiger partial charge in [-0.1, -0.05) is 70.7 Å². The van der Waals surface area contributed by atoms with Crippen molar-refractivity contribution in [3.05, 3.63) is 116 Å². The van der Waals surface area contributed by atoms with E-state index in [1.54, 1.807) is 18.2 Å². The number of piperidine rings is 1. The fourth-order valence-electron chi connectivity index (χ4n) is 4.26. The Balaban J connectivity index is 0.000000310. The van der Waals surface area contributed by atoms with Crippen LogP contribution in [0.5, 0.6) is 5.75 Å². The van der Waals surface area contributed by atoms with E-state index in [0.717, 1.165) is 42.8 Å². The number of benzene rings is 4. The minimum atomic E-state index is -0.538. The Morgan fingerprint density at radius 2 is 1.33 bits per heavy atom. The highest BCUT2D eigenvalue weighted by Crippen LogP contribution is 2.28. The predicted molar refractivity (Wildman–Crippen MR) is 174 cm³/mol. The summed E-state index contributed by atoms with van der Waals surface area (Å²) >= 11 is 28.4. The standard InChI is InChI=1S/C25H24Cl2N2O2.C7H3Cl3O/c1-29-13-11-22(12-14-29)31-21-8-5-17(6-9-21)18-3-2-4-20(15-18)28-25(30)19-7-10-23(26)24(27)16-19;8-5-2-1-4(7(10)11)3-6(5)9/h2-10,15-16,22H,11-14H2,1H3,(H,28,30);1-3H. The zero-order valence-corrected chi connectivity index (χ0v) is 26.3. The minimum Gasteiger partial charge on any atom is -0.490 e. The SMILES string of the molecule is CN1CCC(Oc2ccc(-c3cccc(NC(=O)c4ccc(Cl)c(Cl)c4)c3)cc2)CC1.O=C(Cl)c1ccc(Cl)c(Cl)c1. The number of rotatable bonds is 6. The molecule has 1 aliphatic rings. The highest BCUT2D eigenvalue weighted by atomic mass is 35.5. The van der Waals surface area contributed by atoms with Crippen LogP contribution in [0, 0.1) is 0 Å². The van der Waals surface area contributed by atoms with Crippen LogP contribution in [0.3, 0.4) is 0 Å². The third-order valence-corrected chi connectivity index (χ3v) is 8.30. The molecule has 5 rings (SSSR count). The van der Waals surface area contributed by atoms with Crippen LogP contribution in [0.4, 0.5) is 5.69 Å². The third-order valence-electron chi connectivity index (χ3n) is 6.60. The molecule has 0 aliphatic carbocycles. The molecule has 4 aromatic rings. The number of likely N-dealkylation sites (tertiary alicyclic amines) is 1. The lowest BCUT2D eigenvalue weighted by Crippen LogP contribution is -2.35. The molecule has 1 aliphatic heterocycles. The van der Waals surface area contributed by atoms with Crippen molar-refractivity contribution in [2.45, 2.75) is 18.9 Å². The van der Waals surface area contributed by atoms with Crippen LogP contribution in [-0.4, -0.2) is 42.3 Å². The number of carbonyl (C=O) groups excluding carboxylic acids is 2. The summed E-state index contributed by atoms with van der Waals surface area (Å²) in [7, 11) is 2.15. The normalized spacial score (nSPS) is 13.6. The molecule has 1 heterocycles. The molecule has 1 fully saturated rings. The highest BCUT2D eigenvalue weighted by molar-refractivity contribution is 6.67.